The molecule has 0 radical (unpaired) electrons. The van der Waals surface area contributed by atoms with Gasteiger partial charge in [-0.05, 0) is 59.5 Å². The van der Waals surface area contributed by atoms with Crippen molar-refractivity contribution in [3.63, 3.8) is 0 Å². The summed E-state index contributed by atoms with van der Waals surface area (Å²) in [5, 5.41) is 10.3. The van der Waals surface area contributed by atoms with Crippen molar-refractivity contribution in [3.05, 3.63) is 111 Å². The molecule has 1 aliphatic carbocycles. The molecule has 0 atom stereocenters. The molecule has 0 spiro atoms. The first kappa shape index (κ1) is 22.4. The maximum atomic E-state index is 13.3. The smallest absolute Gasteiger partial charge is 0.337 e. The number of fused-ring (bicyclic) bond motifs is 4. The molecule has 0 N–H and O–H groups in total. The molecule has 1 aliphatic rings. The summed E-state index contributed by atoms with van der Waals surface area (Å²) in [6.07, 6.45) is 3.66. The molecule has 0 bridgehead atoms. The number of benzene rings is 3. The lowest BCUT2D eigenvalue weighted by atomic mass is 9.94. The highest BCUT2D eigenvalue weighted by Crippen LogP contribution is 2.44. The molecular formula is C30H20N4O3. The SMILES string of the molecule is COC(=O)c1ccc2c(c1)Cc1c(C#N)cnc(-c3cccc(-n4cnc5ccccc5c4=O)c3C)c1-2. The number of carbonyl (C=O) groups is 1. The van der Waals surface area contributed by atoms with Crippen LogP contribution in [-0.2, 0) is 11.2 Å². The summed E-state index contributed by atoms with van der Waals surface area (Å²) in [4.78, 5) is 34.6. The number of nitrogens with zero attached hydrogens (tertiary/aromatic N) is 4. The quantitative estimate of drug-likeness (QED) is 0.329. The van der Waals surface area contributed by atoms with E-state index >= 15 is 0 Å². The number of pyridine rings is 1. The number of methoxy groups -OCH3 is 1. The van der Waals surface area contributed by atoms with Crippen LogP contribution in [-0.4, -0.2) is 27.6 Å². The summed E-state index contributed by atoms with van der Waals surface area (Å²) in [7, 11) is 1.35. The Balaban J connectivity index is 1.56. The molecule has 0 saturated heterocycles. The minimum Gasteiger partial charge on any atom is -0.465 e. The first-order valence-electron chi connectivity index (χ1n) is 11.7. The number of nitriles is 1. The second-order valence-corrected chi connectivity index (χ2v) is 8.91. The van der Waals surface area contributed by atoms with Crippen molar-refractivity contribution < 1.29 is 9.53 Å². The van der Waals surface area contributed by atoms with Gasteiger partial charge >= 0.3 is 5.97 Å². The fourth-order valence-corrected chi connectivity index (χ4v) is 5.12. The average molecular weight is 485 g/mol. The number of esters is 1. The molecule has 0 aliphatic heterocycles. The maximum Gasteiger partial charge on any atom is 0.337 e. The molecule has 7 nitrogen and oxygen atoms in total. The maximum absolute atomic E-state index is 13.3. The first-order chi connectivity index (χ1) is 18.0. The molecule has 2 heterocycles. The topological polar surface area (TPSA) is 97.9 Å². The van der Waals surface area contributed by atoms with E-state index in [9.17, 15) is 14.9 Å². The van der Waals surface area contributed by atoms with E-state index in [2.05, 4.69) is 11.1 Å². The van der Waals surface area contributed by atoms with E-state index in [1.807, 2.05) is 55.5 Å². The highest BCUT2D eigenvalue weighted by molar-refractivity contribution is 5.95. The van der Waals surface area contributed by atoms with Crippen molar-refractivity contribution in [3.8, 4) is 34.1 Å². The van der Waals surface area contributed by atoms with Crippen LogP contribution >= 0.6 is 0 Å². The van der Waals surface area contributed by atoms with Crippen molar-refractivity contribution >= 4 is 16.9 Å². The second kappa shape index (κ2) is 8.54. The highest BCUT2D eigenvalue weighted by Gasteiger charge is 2.28. The van der Waals surface area contributed by atoms with Gasteiger partial charge in [0.2, 0.25) is 0 Å². The third kappa shape index (κ3) is 3.42. The van der Waals surface area contributed by atoms with E-state index in [1.165, 1.54) is 7.11 Å². The molecule has 178 valence electrons. The Kier molecular flexibility index (Phi) is 5.16. The fraction of sp³-hybridized carbons (Fsp3) is 0.100. The van der Waals surface area contributed by atoms with Crippen molar-refractivity contribution in [1.82, 2.24) is 14.5 Å². The van der Waals surface area contributed by atoms with Gasteiger partial charge < -0.3 is 4.74 Å². The number of aromatic nitrogens is 3. The third-order valence-electron chi connectivity index (χ3n) is 6.96. The van der Waals surface area contributed by atoms with E-state index < -0.39 is 5.97 Å². The van der Waals surface area contributed by atoms with E-state index in [0.29, 0.717) is 34.1 Å². The molecule has 37 heavy (non-hydrogen) atoms. The van der Waals surface area contributed by atoms with Crippen molar-refractivity contribution in [2.75, 3.05) is 7.11 Å². The molecule has 2 aromatic heterocycles. The number of rotatable bonds is 3. The van der Waals surface area contributed by atoms with E-state index in [-0.39, 0.29) is 5.56 Å². The molecule has 0 saturated carbocycles. The van der Waals surface area contributed by atoms with Crippen molar-refractivity contribution in [2.24, 2.45) is 0 Å². The van der Waals surface area contributed by atoms with Crippen molar-refractivity contribution in [2.45, 2.75) is 13.3 Å². The van der Waals surface area contributed by atoms with Gasteiger partial charge in [-0.25, -0.2) is 9.78 Å². The Bertz CT molecular complexity index is 1860. The van der Waals surface area contributed by atoms with Gasteiger partial charge in [-0.3, -0.25) is 14.3 Å². The monoisotopic (exact) mass is 484 g/mol. The first-order valence-corrected chi connectivity index (χ1v) is 11.7. The van der Waals surface area contributed by atoms with Gasteiger partial charge in [0.05, 0.1) is 40.5 Å². The number of carbonyl (C=O) groups excluding carboxylic acids is 1. The van der Waals surface area contributed by atoms with Crippen LogP contribution in [0.4, 0.5) is 0 Å². The highest BCUT2D eigenvalue weighted by atomic mass is 16.5. The standard InChI is InChI=1S/C30H20N4O3/c1-17-21(7-5-9-26(17)34-16-33-25-8-4-3-6-23(25)29(34)35)28-27-22-11-10-18(30(36)37-2)12-19(22)13-24(27)20(14-31)15-32-28/h3-12,15-16H,13H2,1-2H3. The van der Waals surface area contributed by atoms with Crippen LogP contribution < -0.4 is 5.56 Å². The van der Waals surface area contributed by atoms with Crippen molar-refractivity contribution in [1.29, 1.82) is 5.26 Å². The van der Waals surface area contributed by atoms with Crippen LogP contribution in [0.1, 0.15) is 32.6 Å². The summed E-state index contributed by atoms with van der Waals surface area (Å²) in [5.41, 5.74) is 8.21. The predicted octanol–water partition coefficient (Wildman–Crippen LogP) is 4.99. The minimum atomic E-state index is -0.407. The molecule has 7 heteroatoms. The molecular weight excluding hydrogens is 464 g/mol. The van der Waals surface area contributed by atoms with Gasteiger partial charge in [0.25, 0.3) is 5.56 Å². The van der Waals surface area contributed by atoms with Gasteiger partial charge in [0, 0.05) is 23.7 Å². The summed E-state index contributed by atoms with van der Waals surface area (Å²) in [6, 6.07) is 20.7. The summed E-state index contributed by atoms with van der Waals surface area (Å²) < 4.78 is 6.44. The lowest BCUT2D eigenvalue weighted by Crippen LogP contribution is -2.19. The van der Waals surface area contributed by atoms with Crippen LogP contribution in [0.25, 0.3) is 39.0 Å². The number of para-hydroxylation sites is 1. The van der Waals surface area contributed by atoms with E-state index in [0.717, 1.165) is 39.1 Å². The number of hydrogen-bond acceptors (Lipinski definition) is 6. The predicted molar refractivity (Wildman–Crippen MR) is 140 cm³/mol. The van der Waals surface area contributed by atoms with Gasteiger partial charge in [0.15, 0.2) is 0 Å². The molecule has 6 rings (SSSR count). The third-order valence-corrected chi connectivity index (χ3v) is 6.96. The van der Waals surface area contributed by atoms with Crippen LogP contribution in [0.3, 0.4) is 0 Å². The van der Waals surface area contributed by atoms with Gasteiger partial charge in [-0.2, -0.15) is 5.26 Å². The summed E-state index contributed by atoms with van der Waals surface area (Å²) in [5.74, 6) is -0.407. The summed E-state index contributed by atoms with van der Waals surface area (Å²) >= 11 is 0. The lowest BCUT2D eigenvalue weighted by molar-refractivity contribution is 0.0600. The Morgan fingerprint density at radius 3 is 2.70 bits per heavy atom. The zero-order chi connectivity index (χ0) is 25.7. The number of ether oxygens (including phenoxy) is 1. The minimum absolute atomic E-state index is 0.149. The molecule has 0 amide bonds. The van der Waals surface area contributed by atoms with Crippen LogP contribution in [0.2, 0.25) is 0 Å². The Morgan fingerprint density at radius 2 is 1.89 bits per heavy atom. The Hall–Kier alpha value is -5.09. The molecule has 0 fully saturated rings. The largest absolute Gasteiger partial charge is 0.465 e. The molecule has 5 aromatic rings. The second-order valence-electron chi connectivity index (χ2n) is 8.91. The average Bonchev–Trinajstić information content (AvgIpc) is 3.32. The Labute approximate surface area is 212 Å². The van der Waals surface area contributed by atoms with E-state index in [1.54, 1.807) is 29.2 Å². The van der Waals surface area contributed by atoms with Gasteiger partial charge in [-0.15, -0.1) is 0 Å². The van der Waals surface area contributed by atoms with Crippen LogP contribution in [0, 0.1) is 18.3 Å². The van der Waals surface area contributed by atoms with Crippen LogP contribution in [0.5, 0.6) is 0 Å². The van der Waals surface area contributed by atoms with Gasteiger partial charge in [-0.1, -0.05) is 30.3 Å². The molecule has 0 unspecified atom stereocenters. The zero-order valence-electron chi connectivity index (χ0n) is 20.1. The number of hydrogen-bond donors (Lipinski definition) is 0. The molecule has 3 aromatic carbocycles. The summed E-state index contributed by atoms with van der Waals surface area (Å²) in [6.45, 7) is 1.95. The zero-order valence-corrected chi connectivity index (χ0v) is 20.1. The van der Waals surface area contributed by atoms with Gasteiger partial charge in [0.1, 0.15) is 12.4 Å². The van der Waals surface area contributed by atoms with E-state index in [4.69, 9.17) is 9.72 Å². The normalized spacial score (nSPS) is 11.6. The Morgan fingerprint density at radius 1 is 1.05 bits per heavy atom. The van der Waals surface area contributed by atoms with Crippen LogP contribution in [0.15, 0.2) is 78.0 Å². The lowest BCUT2D eigenvalue weighted by Gasteiger charge is -2.16. The fourth-order valence-electron chi connectivity index (χ4n) is 5.12.